The van der Waals surface area contributed by atoms with Crippen LogP contribution in [-0.4, -0.2) is 63.2 Å². The molecule has 0 saturated heterocycles. The molecule has 0 aliphatic rings. The van der Waals surface area contributed by atoms with E-state index in [-0.39, 0.29) is 28.3 Å². The molecule has 0 saturated carbocycles. The average Bonchev–Trinajstić information content (AvgIpc) is 3.20. The van der Waals surface area contributed by atoms with E-state index in [1.807, 2.05) is 31.2 Å². The second kappa shape index (κ2) is 18.2. The van der Waals surface area contributed by atoms with Crippen LogP contribution in [-0.2, 0) is 30.4 Å². The maximum absolute atomic E-state index is 12.2. The van der Waals surface area contributed by atoms with Crippen LogP contribution in [0.25, 0.3) is 22.9 Å². The zero-order valence-electron chi connectivity index (χ0n) is 32.5. The molecule has 324 valence electrons. The number of nitrogens with zero attached hydrogens (tertiary/aromatic N) is 3. The molecular weight excluding hydrogens is 873 g/mol. The number of ether oxygens (including phenoxy) is 2. The molecule has 0 unspecified atom stereocenters. The van der Waals surface area contributed by atoms with Crippen molar-refractivity contribution in [3.8, 4) is 17.2 Å². The fraction of sp³-hybridized carbons (Fsp3) is 0.0769. The quantitative estimate of drug-likeness (QED) is 0.0154. The number of non-ortho nitro benzene ring substituents is 1. The maximum Gasteiger partial charge on any atom is 0.296 e. The van der Waals surface area contributed by atoms with Gasteiger partial charge < -0.3 is 31.4 Å². The zero-order valence-corrected chi connectivity index (χ0v) is 34.9. The lowest BCUT2D eigenvalue weighted by Crippen LogP contribution is -2.03. The minimum absolute atomic E-state index is 0.0126. The molecule has 23 heteroatoms. The minimum Gasteiger partial charge on any atom is -0.505 e. The molecule has 6 aromatic carbocycles. The first-order valence-corrected chi connectivity index (χ1v) is 21.7. The number of nitrogen functional groups attached to an aromatic ring is 2. The second-order valence-corrected chi connectivity index (χ2v) is 17.2. The number of anilines is 4. The lowest BCUT2D eigenvalue weighted by molar-refractivity contribution is -0.385. The Kier molecular flexibility index (Phi) is 13.5. The Bertz CT molecular complexity index is 3120. The van der Waals surface area contributed by atoms with Crippen molar-refractivity contribution in [2.24, 2.45) is 10.2 Å². The van der Waals surface area contributed by atoms with Crippen molar-refractivity contribution in [3.05, 3.63) is 124 Å². The van der Waals surface area contributed by atoms with Crippen LogP contribution in [0.4, 0.5) is 39.8 Å². The third-order valence-electron chi connectivity index (χ3n) is 8.70. The molecule has 6 aromatic rings. The molecule has 0 radical (unpaired) electrons. The molecule has 0 fully saturated rings. The zero-order chi connectivity index (χ0) is 45.7. The summed E-state index contributed by atoms with van der Waals surface area (Å²) in [6.45, 7) is 1.98. The van der Waals surface area contributed by atoms with Crippen LogP contribution >= 0.6 is 0 Å². The van der Waals surface area contributed by atoms with Crippen molar-refractivity contribution < 1.29 is 58.4 Å². The predicted molar refractivity (Wildman–Crippen MR) is 231 cm³/mol. The number of phenolic OH excluding ortho intramolecular Hbond substituents is 1. The summed E-state index contributed by atoms with van der Waals surface area (Å²) >= 11 is 0. The van der Waals surface area contributed by atoms with E-state index in [1.165, 1.54) is 44.6 Å². The van der Waals surface area contributed by atoms with Gasteiger partial charge in [-0.25, -0.2) is 0 Å². The van der Waals surface area contributed by atoms with Crippen LogP contribution < -0.4 is 26.3 Å². The van der Waals surface area contributed by atoms with Crippen molar-refractivity contribution in [1.82, 2.24) is 0 Å². The number of nitro groups is 1. The third-order valence-corrected chi connectivity index (χ3v) is 11.4. The van der Waals surface area contributed by atoms with Gasteiger partial charge in [0.25, 0.3) is 36.0 Å². The molecule has 0 aliphatic heterocycles. The van der Waals surface area contributed by atoms with Gasteiger partial charge in [0.1, 0.15) is 37.6 Å². The summed E-state index contributed by atoms with van der Waals surface area (Å²) in [5.41, 5.74) is 13.4. The lowest BCUT2D eigenvalue weighted by Gasteiger charge is -2.12. The van der Waals surface area contributed by atoms with Crippen LogP contribution in [0.1, 0.15) is 16.7 Å². The van der Waals surface area contributed by atoms with Crippen molar-refractivity contribution in [2.45, 2.75) is 21.6 Å². The summed E-state index contributed by atoms with van der Waals surface area (Å²) in [6.07, 6.45) is 2.27. The van der Waals surface area contributed by atoms with Gasteiger partial charge in [-0.1, -0.05) is 35.9 Å². The summed E-state index contributed by atoms with van der Waals surface area (Å²) in [7, 11) is -11.3. The SMILES string of the molecule is COc1cc(N=Nc2c(S(=O)(=O)O)cc3cc(Nc4ccc(C)cc4)ccc3c2O)c(OC)cc1N.Nc1ccc(C=Cc2ccc([N+](=O)[O-])cc2S(=O)(=O)O)c(S(=O)(=O)O)c1. The number of nitrogens with one attached hydrogen (secondary N) is 1. The Morgan fingerprint density at radius 2 is 1.24 bits per heavy atom. The molecule has 0 spiro atoms. The molecule has 9 N–H and O–H groups in total. The van der Waals surface area contributed by atoms with Gasteiger partial charge in [-0.3, -0.25) is 23.8 Å². The summed E-state index contributed by atoms with van der Waals surface area (Å²) in [5.74, 6) is 0.0841. The molecule has 0 aliphatic carbocycles. The highest BCUT2D eigenvalue weighted by atomic mass is 32.2. The summed E-state index contributed by atoms with van der Waals surface area (Å²) in [6, 6.07) is 23.2. The van der Waals surface area contributed by atoms with E-state index in [0.29, 0.717) is 34.0 Å². The van der Waals surface area contributed by atoms with Gasteiger partial charge in [0, 0.05) is 46.7 Å². The Balaban J connectivity index is 0.000000247. The van der Waals surface area contributed by atoms with Crippen molar-refractivity contribution in [2.75, 3.05) is 31.0 Å². The molecular formula is C39H36N6O14S3. The third kappa shape index (κ3) is 11.0. The highest BCUT2D eigenvalue weighted by Crippen LogP contribution is 2.44. The molecule has 0 heterocycles. The number of rotatable bonds is 12. The fourth-order valence-electron chi connectivity index (χ4n) is 5.70. The van der Waals surface area contributed by atoms with Crippen LogP contribution in [0.3, 0.4) is 0 Å². The molecule has 0 atom stereocenters. The number of aromatic hydroxyl groups is 1. The van der Waals surface area contributed by atoms with E-state index >= 15 is 0 Å². The normalized spacial score (nSPS) is 12.0. The molecule has 0 aromatic heterocycles. The highest BCUT2D eigenvalue weighted by Gasteiger charge is 2.23. The molecule has 0 amide bonds. The second-order valence-electron chi connectivity index (χ2n) is 13.0. The monoisotopic (exact) mass is 908 g/mol. The Morgan fingerprint density at radius 1 is 0.677 bits per heavy atom. The Labute approximate surface area is 354 Å². The molecule has 62 heavy (non-hydrogen) atoms. The molecule has 6 rings (SSSR count). The number of phenols is 1. The number of nitrogens with two attached hydrogens (primary N) is 2. The van der Waals surface area contributed by atoms with E-state index in [0.717, 1.165) is 41.6 Å². The first kappa shape index (κ1) is 45.9. The number of hydrogen-bond donors (Lipinski definition) is 7. The number of nitro benzene ring substituents is 1. The fourth-order valence-corrected chi connectivity index (χ4v) is 7.78. The lowest BCUT2D eigenvalue weighted by atomic mass is 10.1. The first-order chi connectivity index (χ1) is 29.0. The maximum atomic E-state index is 12.2. The van der Waals surface area contributed by atoms with Crippen LogP contribution in [0, 0.1) is 17.0 Å². The highest BCUT2D eigenvalue weighted by molar-refractivity contribution is 7.86. The molecule has 0 bridgehead atoms. The van der Waals surface area contributed by atoms with Crippen molar-refractivity contribution in [1.29, 1.82) is 0 Å². The van der Waals surface area contributed by atoms with Gasteiger partial charge >= 0.3 is 0 Å². The average molecular weight is 909 g/mol. The van der Waals surface area contributed by atoms with Gasteiger partial charge in [0.15, 0.2) is 5.75 Å². The topological polar surface area (TPSA) is 334 Å². The summed E-state index contributed by atoms with van der Waals surface area (Å²) in [5, 5.41) is 33.6. The number of fused-ring (bicyclic) bond motifs is 1. The largest absolute Gasteiger partial charge is 0.505 e. The van der Waals surface area contributed by atoms with E-state index < -0.39 is 67.1 Å². The number of hydrogen-bond acceptors (Lipinski definition) is 16. The first-order valence-electron chi connectivity index (χ1n) is 17.3. The van der Waals surface area contributed by atoms with Gasteiger partial charge in [-0.2, -0.15) is 25.3 Å². The van der Waals surface area contributed by atoms with Crippen molar-refractivity contribution >= 4 is 93.1 Å². The number of methoxy groups -OCH3 is 2. The standard InChI is InChI=1S/C25H24N4O6S.C14H12N2O8S2/c1-14-4-6-16(7-5-14)27-17-8-9-18-15(10-17)11-23(36(31,32)33)24(25(18)30)29-28-20-13-21(34-2)19(26)12-22(20)35-3;15-11-5-3-9(13(7-11)25(19,20)21)1-2-10-4-6-12(16(17)18)8-14(10)26(22,23)24/h4-13,27,30H,26H2,1-3H3,(H,31,32,33);1-8H,15H2,(H,19,20,21)(H,22,23,24). The Hall–Kier alpha value is -7.15. The van der Waals surface area contributed by atoms with E-state index in [2.05, 4.69) is 15.5 Å². The van der Waals surface area contributed by atoms with Gasteiger partial charge in [0.05, 0.1) is 24.8 Å². The van der Waals surface area contributed by atoms with E-state index in [4.69, 9.17) is 20.9 Å². The number of aryl methyl sites for hydroxylation is 1. The number of benzene rings is 6. The van der Waals surface area contributed by atoms with Gasteiger partial charge in [-0.15, -0.1) is 10.2 Å². The molecule has 20 nitrogen and oxygen atoms in total. The summed E-state index contributed by atoms with van der Waals surface area (Å²) < 4.78 is 109. The predicted octanol–water partition coefficient (Wildman–Crippen LogP) is 7.70. The van der Waals surface area contributed by atoms with Gasteiger partial charge in [0.2, 0.25) is 0 Å². The smallest absolute Gasteiger partial charge is 0.296 e. The van der Waals surface area contributed by atoms with E-state index in [1.54, 1.807) is 18.2 Å². The van der Waals surface area contributed by atoms with Crippen LogP contribution in [0.15, 0.2) is 122 Å². The Morgan fingerprint density at radius 3 is 1.81 bits per heavy atom. The van der Waals surface area contributed by atoms with Crippen molar-refractivity contribution in [3.63, 3.8) is 0 Å². The minimum atomic E-state index is -4.78. The van der Waals surface area contributed by atoms with Gasteiger partial charge in [-0.05, 0) is 78.0 Å². The number of azo groups is 1. The van der Waals surface area contributed by atoms with E-state index in [9.17, 15) is 54.1 Å². The summed E-state index contributed by atoms with van der Waals surface area (Å²) in [4.78, 5) is 8.08. The van der Waals surface area contributed by atoms with Crippen LogP contribution in [0.5, 0.6) is 17.2 Å². The van der Waals surface area contributed by atoms with Crippen LogP contribution in [0.2, 0.25) is 0 Å².